The van der Waals surface area contributed by atoms with Crippen molar-refractivity contribution < 1.29 is 19.1 Å². The SMILES string of the molecule is CCN(C(=O)C1CC1C(=O)Nc1ccc(OC)cc1OC)c1ccccc1. The molecule has 0 aliphatic heterocycles. The van der Waals surface area contributed by atoms with Crippen molar-refractivity contribution in [1.82, 2.24) is 0 Å². The molecule has 0 bridgehead atoms. The van der Waals surface area contributed by atoms with Crippen LogP contribution in [0.15, 0.2) is 48.5 Å². The van der Waals surface area contributed by atoms with E-state index in [9.17, 15) is 9.59 Å². The third-order valence-corrected chi connectivity index (χ3v) is 4.76. The van der Waals surface area contributed by atoms with Gasteiger partial charge in [0.05, 0.1) is 31.7 Å². The Bertz CT molecular complexity index is 822. The fourth-order valence-corrected chi connectivity index (χ4v) is 3.16. The number of nitrogens with one attached hydrogen (secondary N) is 1. The van der Waals surface area contributed by atoms with Crippen LogP contribution < -0.4 is 19.7 Å². The summed E-state index contributed by atoms with van der Waals surface area (Å²) < 4.78 is 10.5. The molecule has 1 aliphatic carbocycles. The molecule has 6 heteroatoms. The minimum Gasteiger partial charge on any atom is -0.497 e. The number of para-hydroxylation sites is 1. The Morgan fingerprint density at radius 3 is 2.44 bits per heavy atom. The first-order valence-electron chi connectivity index (χ1n) is 8.98. The summed E-state index contributed by atoms with van der Waals surface area (Å²) in [6.45, 7) is 2.50. The summed E-state index contributed by atoms with van der Waals surface area (Å²) >= 11 is 0. The van der Waals surface area contributed by atoms with E-state index in [-0.39, 0.29) is 23.7 Å². The molecule has 0 saturated heterocycles. The Labute approximate surface area is 159 Å². The van der Waals surface area contributed by atoms with E-state index in [1.807, 2.05) is 37.3 Å². The first-order chi connectivity index (χ1) is 13.1. The molecule has 1 N–H and O–H groups in total. The van der Waals surface area contributed by atoms with E-state index in [0.29, 0.717) is 30.2 Å². The molecule has 2 amide bonds. The molecule has 2 aromatic carbocycles. The van der Waals surface area contributed by atoms with Crippen LogP contribution in [-0.4, -0.2) is 32.6 Å². The maximum absolute atomic E-state index is 12.8. The molecular weight excluding hydrogens is 344 g/mol. The molecule has 0 aromatic heterocycles. The molecular formula is C21H24N2O4. The molecule has 2 aromatic rings. The van der Waals surface area contributed by atoms with Gasteiger partial charge in [-0.25, -0.2) is 0 Å². The van der Waals surface area contributed by atoms with Gasteiger partial charge in [0.1, 0.15) is 11.5 Å². The average Bonchev–Trinajstić information content (AvgIpc) is 3.50. The van der Waals surface area contributed by atoms with E-state index in [1.165, 1.54) is 7.11 Å². The monoisotopic (exact) mass is 368 g/mol. The summed E-state index contributed by atoms with van der Waals surface area (Å²) in [7, 11) is 3.10. The van der Waals surface area contributed by atoms with Crippen LogP contribution in [0.4, 0.5) is 11.4 Å². The number of carbonyl (C=O) groups is 2. The average molecular weight is 368 g/mol. The number of carbonyl (C=O) groups excluding carboxylic acids is 2. The van der Waals surface area contributed by atoms with Gasteiger partial charge in [0, 0.05) is 18.3 Å². The zero-order valence-electron chi connectivity index (χ0n) is 15.8. The maximum Gasteiger partial charge on any atom is 0.230 e. The van der Waals surface area contributed by atoms with Crippen LogP contribution in [0.1, 0.15) is 13.3 Å². The van der Waals surface area contributed by atoms with E-state index < -0.39 is 0 Å². The summed E-state index contributed by atoms with van der Waals surface area (Å²) in [5.41, 5.74) is 1.42. The predicted octanol–water partition coefficient (Wildman–Crippen LogP) is 3.33. The van der Waals surface area contributed by atoms with Crippen LogP contribution in [-0.2, 0) is 9.59 Å². The van der Waals surface area contributed by atoms with Crippen LogP contribution in [0.2, 0.25) is 0 Å². The number of rotatable bonds is 7. The lowest BCUT2D eigenvalue weighted by Gasteiger charge is -2.21. The van der Waals surface area contributed by atoms with Crippen molar-refractivity contribution in [2.45, 2.75) is 13.3 Å². The normalized spacial score (nSPS) is 17.7. The minimum absolute atomic E-state index is 0.00875. The third-order valence-electron chi connectivity index (χ3n) is 4.76. The lowest BCUT2D eigenvalue weighted by atomic mass is 10.2. The number of nitrogens with zero attached hydrogens (tertiary/aromatic N) is 1. The van der Waals surface area contributed by atoms with E-state index >= 15 is 0 Å². The Balaban J connectivity index is 1.66. The highest BCUT2D eigenvalue weighted by Crippen LogP contribution is 2.42. The number of benzene rings is 2. The van der Waals surface area contributed by atoms with Crippen LogP contribution in [0.3, 0.4) is 0 Å². The highest BCUT2D eigenvalue weighted by Gasteiger charge is 2.49. The van der Waals surface area contributed by atoms with Gasteiger partial charge in [0.15, 0.2) is 0 Å². The standard InChI is InChI=1S/C21H24N2O4/c1-4-23(14-8-6-5-7-9-14)21(25)17-13-16(17)20(24)22-18-11-10-15(26-2)12-19(18)27-3/h5-12,16-17H,4,13H2,1-3H3,(H,22,24). The zero-order valence-corrected chi connectivity index (χ0v) is 15.8. The third kappa shape index (κ3) is 4.05. The molecule has 1 saturated carbocycles. The molecule has 3 rings (SSSR count). The van der Waals surface area contributed by atoms with Gasteiger partial charge in [-0.2, -0.15) is 0 Å². The Kier molecular flexibility index (Phi) is 5.64. The topological polar surface area (TPSA) is 67.9 Å². The Morgan fingerprint density at radius 2 is 1.81 bits per heavy atom. The van der Waals surface area contributed by atoms with Crippen LogP contribution in [0, 0.1) is 11.8 Å². The summed E-state index contributed by atoms with van der Waals surface area (Å²) in [6.07, 6.45) is 0.562. The van der Waals surface area contributed by atoms with Crippen molar-refractivity contribution in [3.8, 4) is 11.5 Å². The van der Waals surface area contributed by atoms with Gasteiger partial charge < -0.3 is 19.7 Å². The number of hydrogen-bond donors (Lipinski definition) is 1. The summed E-state index contributed by atoms with van der Waals surface area (Å²) in [5.74, 6) is 0.388. The van der Waals surface area contributed by atoms with E-state index in [4.69, 9.17) is 9.47 Å². The number of methoxy groups -OCH3 is 2. The van der Waals surface area contributed by atoms with E-state index in [2.05, 4.69) is 5.32 Å². The molecule has 27 heavy (non-hydrogen) atoms. The number of amides is 2. The van der Waals surface area contributed by atoms with Gasteiger partial charge in [0.25, 0.3) is 0 Å². The summed E-state index contributed by atoms with van der Waals surface area (Å²) in [4.78, 5) is 27.1. The molecule has 0 spiro atoms. The van der Waals surface area contributed by atoms with Gasteiger partial charge in [-0.3, -0.25) is 9.59 Å². The van der Waals surface area contributed by atoms with Crippen molar-refractivity contribution in [2.24, 2.45) is 11.8 Å². The second kappa shape index (κ2) is 8.12. The van der Waals surface area contributed by atoms with Gasteiger partial charge in [-0.05, 0) is 37.6 Å². The molecule has 0 heterocycles. The first kappa shape index (κ1) is 18.8. The van der Waals surface area contributed by atoms with Gasteiger partial charge in [0.2, 0.25) is 11.8 Å². The predicted molar refractivity (Wildman–Crippen MR) is 104 cm³/mol. The highest BCUT2D eigenvalue weighted by molar-refractivity contribution is 6.04. The van der Waals surface area contributed by atoms with Crippen LogP contribution >= 0.6 is 0 Å². The smallest absolute Gasteiger partial charge is 0.230 e. The molecule has 0 radical (unpaired) electrons. The summed E-state index contributed by atoms with van der Waals surface area (Å²) in [6, 6.07) is 14.7. The molecule has 1 fully saturated rings. The zero-order chi connectivity index (χ0) is 19.4. The van der Waals surface area contributed by atoms with Crippen molar-refractivity contribution in [2.75, 3.05) is 31.0 Å². The van der Waals surface area contributed by atoms with Crippen molar-refractivity contribution in [3.05, 3.63) is 48.5 Å². The summed E-state index contributed by atoms with van der Waals surface area (Å²) in [5, 5.41) is 2.87. The lowest BCUT2D eigenvalue weighted by Crippen LogP contribution is -2.33. The number of ether oxygens (including phenoxy) is 2. The second-order valence-electron chi connectivity index (χ2n) is 6.42. The number of anilines is 2. The van der Waals surface area contributed by atoms with Crippen LogP contribution in [0.5, 0.6) is 11.5 Å². The quantitative estimate of drug-likeness (QED) is 0.814. The van der Waals surface area contributed by atoms with Crippen molar-refractivity contribution >= 4 is 23.2 Å². The second-order valence-corrected chi connectivity index (χ2v) is 6.42. The highest BCUT2D eigenvalue weighted by atomic mass is 16.5. The lowest BCUT2D eigenvalue weighted by molar-refractivity contribution is -0.123. The van der Waals surface area contributed by atoms with E-state index in [0.717, 1.165) is 5.69 Å². The van der Waals surface area contributed by atoms with Crippen molar-refractivity contribution in [1.29, 1.82) is 0 Å². The van der Waals surface area contributed by atoms with Gasteiger partial charge in [-0.1, -0.05) is 18.2 Å². The van der Waals surface area contributed by atoms with Crippen LogP contribution in [0.25, 0.3) is 0 Å². The number of hydrogen-bond acceptors (Lipinski definition) is 4. The largest absolute Gasteiger partial charge is 0.497 e. The van der Waals surface area contributed by atoms with Gasteiger partial charge in [-0.15, -0.1) is 0 Å². The molecule has 1 aliphatic rings. The molecule has 6 nitrogen and oxygen atoms in total. The molecule has 2 unspecified atom stereocenters. The fraction of sp³-hybridized carbons (Fsp3) is 0.333. The first-order valence-corrected chi connectivity index (χ1v) is 8.98. The maximum atomic E-state index is 12.8. The molecule has 2 atom stereocenters. The van der Waals surface area contributed by atoms with Crippen molar-refractivity contribution in [3.63, 3.8) is 0 Å². The Hall–Kier alpha value is -3.02. The minimum atomic E-state index is -0.318. The van der Waals surface area contributed by atoms with E-state index in [1.54, 1.807) is 30.2 Å². The fourth-order valence-electron chi connectivity index (χ4n) is 3.16. The Morgan fingerprint density at radius 1 is 1.07 bits per heavy atom. The molecule has 142 valence electrons. The van der Waals surface area contributed by atoms with Gasteiger partial charge >= 0.3 is 0 Å².